The molecule has 180 valence electrons. The van der Waals surface area contributed by atoms with Gasteiger partial charge in [0, 0.05) is 30.1 Å². The third-order valence-corrected chi connectivity index (χ3v) is 10.9. The van der Waals surface area contributed by atoms with E-state index in [-0.39, 0.29) is 46.7 Å². The summed E-state index contributed by atoms with van der Waals surface area (Å²) in [5.74, 6) is 1.40. The average molecular weight is 447 g/mol. The fraction of sp³-hybridized carbons (Fsp3) is 0.926. The van der Waals surface area contributed by atoms with Gasteiger partial charge in [-0.2, -0.15) is 0 Å². The van der Waals surface area contributed by atoms with Gasteiger partial charge in [-0.1, -0.05) is 27.7 Å². The Morgan fingerprint density at radius 1 is 1.09 bits per heavy atom. The summed E-state index contributed by atoms with van der Waals surface area (Å²) in [6, 6.07) is 0. The summed E-state index contributed by atoms with van der Waals surface area (Å²) in [5, 5.41) is 10.2. The summed E-state index contributed by atoms with van der Waals surface area (Å²) >= 11 is 0. The van der Waals surface area contributed by atoms with E-state index in [1.165, 1.54) is 0 Å². The molecule has 32 heavy (non-hydrogen) atoms. The van der Waals surface area contributed by atoms with Crippen LogP contribution in [0.4, 0.5) is 0 Å². The van der Waals surface area contributed by atoms with Gasteiger partial charge in [0.1, 0.15) is 12.1 Å². The molecule has 1 N–H and O–H groups in total. The molecule has 2 unspecified atom stereocenters. The molecule has 0 aromatic rings. The molecule has 5 rings (SSSR count). The molecule has 0 bridgehead atoms. The topological polar surface area (TPSA) is 72.8 Å². The van der Waals surface area contributed by atoms with E-state index in [1.807, 2.05) is 0 Å². The standard InChI is InChI=1S/C27H42O5/c1-16-7-10-27(31-15-16)17(2)23-22(32-27)14-21(26(23,4)11-12-28)20-6-5-18-13-19(29)8-9-25(18,3)24(20)30/h12,16-23,29H,5-11,13-15H2,1-4H3/t16-,17+,18+,19+,20?,21?,22+,23+,25+,26+,27-/m1/s1. The lowest BCUT2D eigenvalue weighted by Crippen LogP contribution is -2.52. The first-order valence-electron chi connectivity index (χ1n) is 13.1. The largest absolute Gasteiger partial charge is 0.393 e. The molecule has 0 radical (unpaired) electrons. The second kappa shape index (κ2) is 7.88. The van der Waals surface area contributed by atoms with Crippen molar-refractivity contribution in [3.05, 3.63) is 0 Å². The molecule has 5 nitrogen and oxygen atoms in total. The Kier molecular flexibility index (Phi) is 5.66. The maximum Gasteiger partial charge on any atom is 0.171 e. The minimum atomic E-state index is -0.510. The van der Waals surface area contributed by atoms with Gasteiger partial charge in [0.25, 0.3) is 0 Å². The van der Waals surface area contributed by atoms with Gasteiger partial charge in [-0.05, 0) is 74.0 Å². The third kappa shape index (κ3) is 3.20. The Labute approximate surface area is 193 Å². The summed E-state index contributed by atoms with van der Waals surface area (Å²) in [6.45, 7) is 9.63. The first-order chi connectivity index (χ1) is 15.1. The number of carbonyl (C=O) groups is 2. The van der Waals surface area contributed by atoms with Crippen LogP contribution in [-0.2, 0) is 19.1 Å². The summed E-state index contributed by atoms with van der Waals surface area (Å²) in [7, 11) is 0. The van der Waals surface area contributed by atoms with E-state index in [0.29, 0.717) is 24.0 Å². The van der Waals surface area contributed by atoms with Gasteiger partial charge in [0.15, 0.2) is 5.79 Å². The molecule has 5 fully saturated rings. The molecule has 2 heterocycles. The number of aliphatic hydroxyl groups excluding tert-OH is 1. The Morgan fingerprint density at radius 2 is 1.88 bits per heavy atom. The molecule has 0 aromatic heterocycles. The number of Topliss-reactive ketones (excluding diaryl/α,β-unsaturated/α-hetero) is 1. The van der Waals surface area contributed by atoms with Gasteiger partial charge in [-0.3, -0.25) is 4.79 Å². The van der Waals surface area contributed by atoms with Crippen molar-refractivity contribution >= 4 is 12.1 Å². The van der Waals surface area contributed by atoms with E-state index >= 15 is 0 Å². The number of ketones is 1. The van der Waals surface area contributed by atoms with Crippen LogP contribution in [0.2, 0.25) is 0 Å². The van der Waals surface area contributed by atoms with Crippen molar-refractivity contribution in [3.8, 4) is 0 Å². The van der Waals surface area contributed by atoms with Gasteiger partial charge in [0.2, 0.25) is 0 Å². The lowest BCUT2D eigenvalue weighted by atomic mass is 9.52. The van der Waals surface area contributed by atoms with E-state index < -0.39 is 5.79 Å². The first-order valence-corrected chi connectivity index (χ1v) is 13.1. The van der Waals surface area contributed by atoms with Crippen LogP contribution in [0.15, 0.2) is 0 Å². The predicted molar refractivity (Wildman–Crippen MR) is 121 cm³/mol. The van der Waals surface area contributed by atoms with Crippen LogP contribution in [0.25, 0.3) is 0 Å². The number of aliphatic hydroxyl groups is 1. The van der Waals surface area contributed by atoms with Crippen molar-refractivity contribution in [2.24, 2.45) is 46.3 Å². The first kappa shape index (κ1) is 23.0. The lowest BCUT2D eigenvalue weighted by molar-refractivity contribution is -0.271. The van der Waals surface area contributed by atoms with Gasteiger partial charge >= 0.3 is 0 Å². The molecule has 1 spiro atoms. The fourth-order valence-electron chi connectivity index (χ4n) is 8.88. The quantitative estimate of drug-likeness (QED) is 0.644. The SMILES string of the molecule is C[C@@H]1CC[C@@]2(OC1)O[C@H]1CC(C3CC[C@H]4C[C@@H](O)CC[C@]4(C)C3=O)[C@](C)(CC=O)[C@H]1[C@@H]2C. The normalized spacial score (nSPS) is 55.6. The van der Waals surface area contributed by atoms with Crippen LogP contribution in [0, 0.1) is 46.3 Å². The number of hydrogen-bond donors (Lipinski definition) is 1. The van der Waals surface area contributed by atoms with Gasteiger partial charge in [-0.15, -0.1) is 0 Å². The van der Waals surface area contributed by atoms with Crippen LogP contribution in [-0.4, -0.2) is 41.8 Å². The summed E-state index contributed by atoms with van der Waals surface area (Å²) in [5.41, 5.74) is -0.558. The predicted octanol–water partition coefficient (Wildman–Crippen LogP) is 4.54. The Morgan fingerprint density at radius 3 is 2.56 bits per heavy atom. The van der Waals surface area contributed by atoms with E-state index in [2.05, 4.69) is 27.7 Å². The highest BCUT2D eigenvalue weighted by molar-refractivity contribution is 5.88. The Bertz CT molecular complexity index is 757. The molecular formula is C27H42O5. The highest BCUT2D eigenvalue weighted by Crippen LogP contribution is 2.65. The average Bonchev–Trinajstić information content (AvgIpc) is 3.18. The van der Waals surface area contributed by atoms with Crippen LogP contribution in [0.5, 0.6) is 0 Å². The maximum absolute atomic E-state index is 14.0. The van der Waals surface area contributed by atoms with Gasteiger partial charge in [0.05, 0.1) is 18.8 Å². The molecule has 3 saturated carbocycles. The van der Waals surface area contributed by atoms with Crippen LogP contribution in [0.1, 0.15) is 85.5 Å². The highest BCUT2D eigenvalue weighted by Gasteiger charge is 2.67. The number of ether oxygens (including phenoxy) is 2. The second-order valence-corrected chi connectivity index (χ2v) is 12.5. The maximum atomic E-state index is 14.0. The van der Waals surface area contributed by atoms with Crippen LogP contribution >= 0.6 is 0 Å². The molecule has 0 amide bonds. The minimum absolute atomic E-state index is 0.00101. The summed E-state index contributed by atoms with van der Waals surface area (Å²) < 4.78 is 13.1. The van der Waals surface area contributed by atoms with E-state index in [0.717, 1.165) is 64.3 Å². The summed E-state index contributed by atoms with van der Waals surface area (Å²) in [6.07, 6.45) is 8.45. The minimum Gasteiger partial charge on any atom is -0.393 e. The second-order valence-electron chi connectivity index (χ2n) is 12.5. The zero-order valence-corrected chi connectivity index (χ0v) is 20.3. The molecule has 2 aliphatic heterocycles. The smallest absolute Gasteiger partial charge is 0.171 e. The van der Waals surface area contributed by atoms with Gasteiger partial charge in [-0.25, -0.2) is 0 Å². The van der Waals surface area contributed by atoms with Crippen molar-refractivity contribution in [2.45, 2.75) is 103 Å². The Hall–Kier alpha value is -0.780. The van der Waals surface area contributed by atoms with Crippen LogP contribution < -0.4 is 0 Å². The number of rotatable bonds is 3. The van der Waals surface area contributed by atoms with E-state index in [1.54, 1.807) is 0 Å². The van der Waals surface area contributed by atoms with Gasteiger partial charge < -0.3 is 19.4 Å². The zero-order chi connectivity index (χ0) is 22.9. The molecule has 11 atom stereocenters. The lowest BCUT2D eigenvalue weighted by Gasteiger charge is -2.51. The summed E-state index contributed by atoms with van der Waals surface area (Å²) in [4.78, 5) is 25.9. The van der Waals surface area contributed by atoms with Crippen molar-refractivity contribution in [1.29, 1.82) is 0 Å². The number of hydrogen-bond acceptors (Lipinski definition) is 5. The molecule has 5 aliphatic rings. The number of fused-ring (bicyclic) bond motifs is 2. The Balaban J connectivity index is 1.42. The third-order valence-electron chi connectivity index (χ3n) is 10.9. The highest BCUT2D eigenvalue weighted by atomic mass is 16.7. The molecule has 2 saturated heterocycles. The van der Waals surface area contributed by atoms with Crippen molar-refractivity contribution in [2.75, 3.05) is 6.61 Å². The number of aldehydes is 1. The van der Waals surface area contributed by atoms with E-state index in [4.69, 9.17) is 9.47 Å². The van der Waals surface area contributed by atoms with Crippen molar-refractivity contribution in [3.63, 3.8) is 0 Å². The monoisotopic (exact) mass is 446 g/mol. The molecule has 3 aliphatic carbocycles. The molecular weight excluding hydrogens is 404 g/mol. The van der Waals surface area contributed by atoms with Crippen molar-refractivity contribution in [1.82, 2.24) is 0 Å². The van der Waals surface area contributed by atoms with E-state index in [9.17, 15) is 14.7 Å². The number of carbonyl (C=O) groups excluding carboxylic acids is 2. The van der Waals surface area contributed by atoms with Crippen molar-refractivity contribution < 1.29 is 24.2 Å². The van der Waals surface area contributed by atoms with Crippen LogP contribution in [0.3, 0.4) is 0 Å². The zero-order valence-electron chi connectivity index (χ0n) is 20.3. The molecule has 5 heteroatoms. The molecule has 0 aromatic carbocycles. The fourth-order valence-corrected chi connectivity index (χ4v) is 8.88.